The third kappa shape index (κ3) is 3.92. The second-order valence-corrected chi connectivity index (χ2v) is 8.41. The summed E-state index contributed by atoms with van der Waals surface area (Å²) in [6.07, 6.45) is 0. The van der Waals surface area contributed by atoms with Crippen LogP contribution in [-0.2, 0) is 0 Å². The highest BCUT2D eigenvalue weighted by Crippen LogP contribution is 2.52. The minimum absolute atomic E-state index is 0.175. The predicted octanol–water partition coefficient (Wildman–Crippen LogP) is 8.37. The molecule has 0 spiro atoms. The van der Waals surface area contributed by atoms with Gasteiger partial charge in [0.25, 0.3) is 0 Å². The monoisotopic (exact) mass is 416 g/mol. The van der Waals surface area contributed by atoms with Crippen molar-refractivity contribution in [3.8, 4) is 0 Å². The molecular weight excluding hydrogens is 410 g/mol. The third-order valence-electron chi connectivity index (χ3n) is 2.71. The van der Waals surface area contributed by atoms with E-state index in [1.54, 1.807) is 10.8 Å². The molecule has 0 bridgehead atoms. The van der Waals surface area contributed by atoms with Gasteiger partial charge in [0.1, 0.15) is 0 Å². The number of aryl methyl sites for hydroxylation is 2. The highest BCUT2D eigenvalue weighted by molar-refractivity contribution is 8.76. The fourth-order valence-electron chi connectivity index (χ4n) is 1.64. The van der Waals surface area contributed by atoms with Gasteiger partial charge < -0.3 is 0 Å². The zero-order valence-electron chi connectivity index (χ0n) is 10.9. The minimum atomic E-state index is 0.175. The Hall–Kier alpha value is 0.590. The summed E-state index contributed by atoms with van der Waals surface area (Å²) in [6, 6.07) is 6.23. The van der Waals surface area contributed by atoms with Crippen LogP contribution < -0.4 is 0 Å². The van der Waals surface area contributed by atoms with Gasteiger partial charge in [0.15, 0.2) is 0 Å². The summed E-state index contributed by atoms with van der Waals surface area (Å²) < 4.78 is 0. The minimum Gasteiger partial charge on any atom is -0.0813 e. The molecule has 0 aromatic heterocycles. The maximum absolute atomic E-state index is 6.21. The van der Waals surface area contributed by atoms with Gasteiger partial charge in [-0.15, -0.1) is 0 Å². The van der Waals surface area contributed by atoms with Crippen molar-refractivity contribution in [2.45, 2.75) is 23.6 Å². The number of halogens is 5. The zero-order chi connectivity index (χ0) is 15.7. The smallest absolute Gasteiger partial charge is 0.0809 e. The zero-order valence-corrected chi connectivity index (χ0v) is 16.4. The van der Waals surface area contributed by atoms with E-state index in [1.807, 2.05) is 0 Å². The summed E-state index contributed by atoms with van der Waals surface area (Å²) in [6.45, 7) is 4.11. The molecule has 0 nitrogen and oxygen atoms in total. The van der Waals surface area contributed by atoms with Crippen LogP contribution in [0.2, 0.25) is 25.1 Å². The molecule has 0 heterocycles. The van der Waals surface area contributed by atoms with Crippen LogP contribution in [0, 0.1) is 13.8 Å². The lowest BCUT2D eigenvalue weighted by Gasteiger charge is -2.12. The first kappa shape index (κ1) is 17.9. The van der Waals surface area contributed by atoms with Gasteiger partial charge in [-0.1, -0.05) is 86.5 Å². The molecule has 7 heteroatoms. The fraction of sp³-hybridized carbons (Fsp3) is 0.143. The Morgan fingerprint density at radius 3 is 1.76 bits per heavy atom. The summed E-state index contributed by atoms with van der Waals surface area (Å²) in [4.78, 5) is 1.74. The van der Waals surface area contributed by atoms with Crippen LogP contribution in [0.3, 0.4) is 0 Å². The first-order valence-corrected chi connectivity index (χ1v) is 9.80. The molecule has 0 aliphatic carbocycles. The summed E-state index contributed by atoms with van der Waals surface area (Å²) in [5.41, 5.74) is 2.40. The number of hydrogen-bond donors (Lipinski definition) is 0. The van der Waals surface area contributed by atoms with Crippen LogP contribution >= 0.6 is 79.6 Å². The molecule has 0 radical (unpaired) electrons. The molecule has 2 rings (SSSR count). The second kappa shape index (κ2) is 7.44. The Labute approximate surface area is 156 Å². The van der Waals surface area contributed by atoms with Crippen molar-refractivity contribution in [1.82, 2.24) is 0 Å². The van der Waals surface area contributed by atoms with Gasteiger partial charge in [0.05, 0.1) is 30.0 Å². The lowest BCUT2D eigenvalue weighted by atomic mass is 10.2. The maximum Gasteiger partial charge on any atom is 0.0809 e. The molecule has 0 fully saturated rings. The number of benzene rings is 2. The molecule has 0 N–H and O–H groups in total. The van der Waals surface area contributed by atoms with Crippen molar-refractivity contribution < 1.29 is 0 Å². The summed E-state index contributed by atoms with van der Waals surface area (Å²) >= 11 is 30.5. The molecule has 0 saturated carbocycles. The molecule has 0 aliphatic heterocycles. The molecule has 2 aromatic rings. The van der Waals surface area contributed by atoms with Crippen molar-refractivity contribution in [2.24, 2.45) is 0 Å². The van der Waals surface area contributed by atoms with Gasteiger partial charge in [-0.25, -0.2) is 0 Å². The molecule has 0 unspecified atom stereocenters. The van der Waals surface area contributed by atoms with E-state index in [9.17, 15) is 0 Å². The maximum atomic E-state index is 6.21. The summed E-state index contributed by atoms with van der Waals surface area (Å²) in [5, 5.41) is 1.25. The molecule has 0 amide bonds. The van der Waals surface area contributed by atoms with Gasteiger partial charge >= 0.3 is 0 Å². The quantitative estimate of drug-likeness (QED) is 0.279. The van der Waals surface area contributed by atoms with Crippen LogP contribution in [0.5, 0.6) is 0 Å². The lowest BCUT2D eigenvalue weighted by Crippen LogP contribution is -1.84. The van der Waals surface area contributed by atoms with Gasteiger partial charge in [0.2, 0.25) is 0 Å². The van der Waals surface area contributed by atoms with Crippen LogP contribution in [0.4, 0.5) is 0 Å². The molecule has 112 valence electrons. The summed E-state index contributed by atoms with van der Waals surface area (Å²) in [5.74, 6) is 0. The molecule has 0 atom stereocenters. The second-order valence-electron chi connectivity index (χ2n) is 4.33. The average molecular weight is 419 g/mol. The topological polar surface area (TPSA) is 0 Å². The van der Waals surface area contributed by atoms with E-state index in [4.69, 9.17) is 58.0 Å². The molecule has 2 aromatic carbocycles. The van der Waals surface area contributed by atoms with E-state index < -0.39 is 0 Å². The van der Waals surface area contributed by atoms with Gasteiger partial charge in [-0.3, -0.25) is 0 Å². The van der Waals surface area contributed by atoms with Crippen molar-refractivity contribution in [3.63, 3.8) is 0 Å². The molecule has 21 heavy (non-hydrogen) atoms. The van der Waals surface area contributed by atoms with Crippen LogP contribution in [-0.4, -0.2) is 0 Å². The molecular formula is C14H9Cl5S2. The van der Waals surface area contributed by atoms with Gasteiger partial charge in [0, 0.05) is 4.90 Å². The van der Waals surface area contributed by atoms with E-state index in [0.29, 0.717) is 14.9 Å². The normalized spacial score (nSPS) is 11.0. The van der Waals surface area contributed by atoms with Gasteiger partial charge in [-0.2, -0.15) is 0 Å². The molecule has 0 aliphatic rings. The Balaban J connectivity index is 2.32. The van der Waals surface area contributed by atoms with Crippen molar-refractivity contribution in [1.29, 1.82) is 0 Å². The van der Waals surface area contributed by atoms with E-state index in [1.165, 1.54) is 21.9 Å². The highest BCUT2D eigenvalue weighted by atomic mass is 35.5. The Morgan fingerprint density at radius 2 is 1.24 bits per heavy atom. The SMILES string of the molecule is Cc1ccc(SSc2c(Cl)c(Cl)c(Cl)c(Cl)c2Cl)c(C)c1. The first-order chi connectivity index (χ1) is 9.82. The number of rotatable bonds is 3. The average Bonchev–Trinajstić information content (AvgIpc) is 2.45. The third-order valence-corrected chi connectivity index (χ3v) is 7.80. The van der Waals surface area contributed by atoms with Gasteiger partial charge in [-0.05, 0) is 36.3 Å². The largest absolute Gasteiger partial charge is 0.0813 e. The Morgan fingerprint density at radius 1 is 0.714 bits per heavy atom. The van der Waals surface area contributed by atoms with E-state index in [0.717, 1.165) is 4.90 Å². The first-order valence-electron chi connectivity index (χ1n) is 5.76. The Kier molecular flexibility index (Phi) is 6.35. The molecule has 0 saturated heterocycles. The van der Waals surface area contributed by atoms with Crippen molar-refractivity contribution in [3.05, 3.63) is 54.4 Å². The lowest BCUT2D eigenvalue weighted by molar-refractivity contribution is 1.27. The Bertz CT molecular complexity index is 671. The van der Waals surface area contributed by atoms with E-state index in [-0.39, 0.29) is 15.1 Å². The van der Waals surface area contributed by atoms with E-state index in [2.05, 4.69) is 32.0 Å². The van der Waals surface area contributed by atoms with Crippen LogP contribution in [0.1, 0.15) is 11.1 Å². The fourth-order valence-corrected chi connectivity index (χ4v) is 5.81. The predicted molar refractivity (Wildman–Crippen MR) is 99.1 cm³/mol. The van der Waals surface area contributed by atoms with E-state index >= 15 is 0 Å². The summed E-state index contributed by atoms with van der Waals surface area (Å²) in [7, 11) is 2.96. The highest BCUT2D eigenvalue weighted by Gasteiger charge is 2.20. The van der Waals surface area contributed by atoms with Crippen LogP contribution in [0.25, 0.3) is 0 Å². The van der Waals surface area contributed by atoms with Crippen LogP contribution in [0.15, 0.2) is 28.0 Å². The van der Waals surface area contributed by atoms with Crippen molar-refractivity contribution in [2.75, 3.05) is 0 Å². The van der Waals surface area contributed by atoms with Crippen molar-refractivity contribution >= 4 is 79.6 Å². The number of hydrogen-bond acceptors (Lipinski definition) is 2. The standard InChI is InChI=1S/C14H9Cl5S2/c1-6-3-4-8(7(2)5-6)20-21-14-12(18)10(16)9(15)11(17)13(14)19/h3-5H,1-2H3.